The second kappa shape index (κ2) is 8.95. The molecular weight excluding hydrogens is 322 g/mol. The standard InChI is InChI=1S/C15H23NO6S/c1-2-3-6-12(18)9-10-13(11-17)23(21,22)15-8-5-4-7-14(15)16(19)20/h4-5,7-8,12-13,17-18H,2-3,6,9-11H2,1H3/t12-,13-/m1/s1. The molecule has 8 heteroatoms. The molecule has 23 heavy (non-hydrogen) atoms. The second-order valence-electron chi connectivity index (χ2n) is 5.45. The van der Waals surface area contributed by atoms with E-state index in [1.807, 2.05) is 6.92 Å². The summed E-state index contributed by atoms with van der Waals surface area (Å²) in [5.74, 6) is 0. The molecule has 0 aromatic heterocycles. The minimum Gasteiger partial charge on any atom is -0.395 e. The number of unbranched alkanes of at least 4 members (excludes halogenated alkanes) is 1. The van der Waals surface area contributed by atoms with E-state index in [0.29, 0.717) is 6.42 Å². The molecule has 0 saturated carbocycles. The molecule has 1 aromatic rings. The zero-order valence-corrected chi connectivity index (χ0v) is 13.9. The number of hydrogen-bond donors (Lipinski definition) is 2. The molecule has 0 aliphatic rings. The molecule has 2 atom stereocenters. The van der Waals surface area contributed by atoms with Gasteiger partial charge >= 0.3 is 0 Å². The van der Waals surface area contributed by atoms with Gasteiger partial charge in [0.1, 0.15) is 4.90 Å². The first kappa shape index (κ1) is 19.5. The van der Waals surface area contributed by atoms with Crippen molar-refractivity contribution in [1.82, 2.24) is 0 Å². The van der Waals surface area contributed by atoms with Crippen LogP contribution in [-0.4, -0.2) is 41.5 Å². The predicted molar refractivity (Wildman–Crippen MR) is 85.9 cm³/mol. The molecule has 0 radical (unpaired) electrons. The number of aliphatic hydroxyl groups is 2. The van der Waals surface area contributed by atoms with Crippen molar-refractivity contribution in [2.24, 2.45) is 0 Å². The fourth-order valence-electron chi connectivity index (χ4n) is 2.34. The van der Waals surface area contributed by atoms with E-state index in [2.05, 4.69) is 0 Å². The molecule has 0 fully saturated rings. The quantitative estimate of drug-likeness (QED) is 0.495. The predicted octanol–water partition coefficient (Wildman–Crippen LogP) is 2.06. The Morgan fingerprint density at radius 2 is 1.87 bits per heavy atom. The van der Waals surface area contributed by atoms with E-state index < -0.39 is 43.3 Å². The molecular formula is C15H23NO6S. The Bertz CT molecular complexity index is 616. The highest BCUT2D eigenvalue weighted by Gasteiger charge is 2.33. The van der Waals surface area contributed by atoms with Crippen molar-refractivity contribution in [2.75, 3.05) is 6.61 Å². The number of aliphatic hydroxyl groups excluding tert-OH is 2. The topological polar surface area (TPSA) is 118 Å². The largest absolute Gasteiger partial charge is 0.395 e. The summed E-state index contributed by atoms with van der Waals surface area (Å²) in [6.45, 7) is 1.34. The van der Waals surface area contributed by atoms with Crippen LogP contribution in [0.3, 0.4) is 0 Å². The minimum atomic E-state index is -4.05. The van der Waals surface area contributed by atoms with Crippen LogP contribution < -0.4 is 0 Å². The van der Waals surface area contributed by atoms with Crippen LogP contribution >= 0.6 is 0 Å². The summed E-state index contributed by atoms with van der Waals surface area (Å²) < 4.78 is 25.1. The van der Waals surface area contributed by atoms with E-state index in [-0.39, 0.29) is 12.8 Å². The van der Waals surface area contributed by atoms with Gasteiger partial charge in [-0.2, -0.15) is 0 Å². The third-order valence-corrected chi connectivity index (χ3v) is 5.94. The Balaban J connectivity index is 2.94. The normalized spacial score (nSPS) is 14.4. The molecule has 1 aromatic carbocycles. The molecule has 130 valence electrons. The number of nitrogens with zero attached hydrogens (tertiary/aromatic N) is 1. The van der Waals surface area contributed by atoms with Gasteiger partial charge in [-0.15, -0.1) is 0 Å². The molecule has 2 N–H and O–H groups in total. The number of hydrogen-bond acceptors (Lipinski definition) is 6. The molecule has 0 spiro atoms. The number of nitro benzene ring substituents is 1. The number of nitro groups is 1. The lowest BCUT2D eigenvalue weighted by Gasteiger charge is -2.17. The Labute approximate surface area is 136 Å². The van der Waals surface area contributed by atoms with Crippen LogP contribution in [0.15, 0.2) is 29.2 Å². The molecule has 0 saturated heterocycles. The highest BCUT2D eigenvalue weighted by Crippen LogP contribution is 2.28. The SMILES string of the molecule is CCCC[C@@H](O)CC[C@H](CO)S(=O)(=O)c1ccccc1[N+](=O)[O-]. The third-order valence-electron chi connectivity index (χ3n) is 3.72. The lowest BCUT2D eigenvalue weighted by molar-refractivity contribution is -0.387. The van der Waals surface area contributed by atoms with Gasteiger partial charge < -0.3 is 10.2 Å². The number of rotatable bonds is 10. The van der Waals surface area contributed by atoms with E-state index in [1.54, 1.807) is 0 Å². The fourth-order valence-corrected chi connectivity index (χ4v) is 4.04. The average molecular weight is 345 g/mol. The van der Waals surface area contributed by atoms with Crippen LogP contribution in [0, 0.1) is 10.1 Å². The Morgan fingerprint density at radius 1 is 1.22 bits per heavy atom. The number of sulfone groups is 1. The Morgan fingerprint density at radius 3 is 2.43 bits per heavy atom. The maximum Gasteiger partial charge on any atom is 0.287 e. The molecule has 1 rings (SSSR count). The van der Waals surface area contributed by atoms with Crippen molar-refractivity contribution in [1.29, 1.82) is 0 Å². The van der Waals surface area contributed by atoms with E-state index in [9.17, 15) is 28.7 Å². The molecule has 0 heterocycles. The third kappa shape index (κ3) is 5.26. The van der Waals surface area contributed by atoms with Crippen LogP contribution in [0.5, 0.6) is 0 Å². The van der Waals surface area contributed by atoms with E-state index in [1.165, 1.54) is 18.2 Å². The van der Waals surface area contributed by atoms with E-state index in [4.69, 9.17) is 0 Å². The van der Waals surface area contributed by atoms with Crippen LogP contribution in [0.1, 0.15) is 39.0 Å². The molecule has 0 bridgehead atoms. The average Bonchev–Trinajstić information content (AvgIpc) is 2.53. The van der Waals surface area contributed by atoms with Crippen molar-refractivity contribution < 1.29 is 23.6 Å². The van der Waals surface area contributed by atoms with Gasteiger partial charge in [0, 0.05) is 6.07 Å². The van der Waals surface area contributed by atoms with Gasteiger partial charge in [0.25, 0.3) is 5.69 Å². The van der Waals surface area contributed by atoms with E-state index >= 15 is 0 Å². The second-order valence-corrected chi connectivity index (χ2v) is 7.64. The summed E-state index contributed by atoms with van der Waals surface area (Å²) in [6.07, 6.45) is 1.97. The monoisotopic (exact) mass is 345 g/mol. The van der Waals surface area contributed by atoms with Crippen LogP contribution in [0.4, 0.5) is 5.69 Å². The maximum atomic E-state index is 12.6. The van der Waals surface area contributed by atoms with Crippen molar-refractivity contribution >= 4 is 15.5 Å². The van der Waals surface area contributed by atoms with Crippen LogP contribution in [0.25, 0.3) is 0 Å². The summed E-state index contributed by atoms with van der Waals surface area (Å²) >= 11 is 0. The van der Waals surface area contributed by atoms with Crippen molar-refractivity contribution in [2.45, 2.75) is 55.3 Å². The van der Waals surface area contributed by atoms with Crippen LogP contribution in [0.2, 0.25) is 0 Å². The summed E-state index contributed by atoms with van der Waals surface area (Å²) in [4.78, 5) is 9.85. The zero-order valence-electron chi connectivity index (χ0n) is 13.1. The lowest BCUT2D eigenvalue weighted by atomic mass is 10.1. The van der Waals surface area contributed by atoms with Gasteiger partial charge in [0.05, 0.1) is 22.9 Å². The first-order valence-corrected chi connectivity index (χ1v) is 9.15. The highest BCUT2D eigenvalue weighted by molar-refractivity contribution is 7.92. The number of para-hydroxylation sites is 1. The molecule has 0 amide bonds. The van der Waals surface area contributed by atoms with Gasteiger partial charge in [0.2, 0.25) is 0 Å². The van der Waals surface area contributed by atoms with Crippen molar-refractivity contribution in [3.05, 3.63) is 34.4 Å². The highest BCUT2D eigenvalue weighted by atomic mass is 32.2. The Kier molecular flexibility index (Phi) is 7.60. The van der Waals surface area contributed by atoms with E-state index in [0.717, 1.165) is 18.9 Å². The summed E-state index contributed by atoms with van der Waals surface area (Å²) in [7, 11) is -4.05. The molecule has 7 nitrogen and oxygen atoms in total. The van der Waals surface area contributed by atoms with Crippen molar-refractivity contribution in [3.63, 3.8) is 0 Å². The smallest absolute Gasteiger partial charge is 0.287 e. The Hall–Kier alpha value is -1.51. The zero-order chi connectivity index (χ0) is 17.5. The van der Waals surface area contributed by atoms with Gasteiger partial charge in [-0.1, -0.05) is 31.9 Å². The van der Waals surface area contributed by atoms with Gasteiger partial charge in [-0.25, -0.2) is 8.42 Å². The van der Waals surface area contributed by atoms with Crippen molar-refractivity contribution in [3.8, 4) is 0 Å². The van der Waals surface area contributed by atoms with Gasteiger partial charge in [-0.3, -0.25) is 10.1 Å². The molecule has 0 unspecified atom stereocenters. The summed E-state index contributed by atoms with van der Waals surface area (Å²) in [6, 6.07) is 5.09. The summed E-state index contributed by atoms with van der Waals surface area (Å²) in [5.41, 5.74) is -0.502. The molecule has 0 aliphatic carbocycles. The first-order valence-electron chi connectivity index (χ1n) is 7.60. The fraction of sp³-hybridized carbons (Fsp3) is 0.600. The van der Waals surface area contributed by atoms with Crippen LogP contribution in [-0.2, 0) is 9.84 Å². The number of benzene rings is 1. The minimum absolute atomic E-state index is 0.0514. The molecule has 0 aliphatic heterocycles. The maximum absolute atomic E-state index is 12.6. The summed E-state index contributed by atoms with van der Waals surface area (Å²) in [5, 5.41) is 29.1. The van der Waals surface area contributed by atoms with Gasteiger partial charge in [0.15, 0.2) is 9.84 Å². The lowest BCUT2D eigenvalue weighted by Crippen LogP contribution is -2.27. The first-order chi connectivity index (χ1) is 10.8. The van der Waals surface area contributed by atoms with Gasteiger partial charge in [-0.05, 0) is 25.3 Å².